The molecule has 0 aliphatic carbocycles. The summed E-state index contributed by atoms with van der Waals surface area (Å²) in [6.45, 7) is 2.12. The largest absolute Gasteiger partial charge is 0.477 e. The van der Waals surface area contributed by atoms with Gasteiger partial charge in [-0.1, -0.05) is 0 Å². The Morgan fingerprint density at radius 2 is 2.33 bits per heavy atom. The van der Waals surface area contributed by atoms with Gasteiger partial charge in [-0.3, -0.25) is 0 Å². The Balaban J connectivity index is 3.03. The number of carboxylic acids is 1. The zero-order chi connectivity index (χ0) is 9.14. The number of hydrogen-bond acceptors (Lipinski definition) is 2. The molecule has 0 saturated heterocycles. The third-order valence-electron chi connectivity index (χ3n) is 1.68. The molecule has 0 atom stereocenters. The fourth-order valence-corrected chi connectivity index (χ4v) is 1.06. The van der Waals surface area contributed by atoms with Gasteiger partial charge in [0.2, 0.25) is 0 Å². The molecule has 4 nitrogen and oxygen atoms in total. The van der Waals surface area contributed by atoms with Crippen LogP contribution in [0.2, 0.25) is 0 Å². The average molecular weight is 169 g/mol. The van der Waals surface area contributed by atoms with Gasteiger partial charge >= 0.3 is 5.97 Å². The van der Waals surface area contributed by atoms with E-state index >= 15 is 0 Å². The predicted molar refractivity (Wildman–Crippen MR) is 43.1 cm³/mol. The number of aromatic carboxylic acids is 1. The van der Waals surface area contributed by atoms with Crippen molar-refractivity contribution < 1.29 is 14.6 Å². The Morgan fingerprint density at radius 1 is 1.67 bits per heavy atom. The maximum absolute atomic E-state index is 10.6. The second-order valence-corrected chi connectivity index (χ2v) is 2.51. The van der Waals surface area contributed by atoms with Gasteiger partial charge in [-0.15, -0.1) is 0 Å². The van der Waals surface area contributed by atoms with Crippen LogP contribution in [0.3, 0.4) is 0 Å². The molecule has 12 heavy (non-hydrogen) atoms. The lowest BCUT2D eigenvalue weighted by Crippen LogP contribution is -2.10. The first-order valence-electron chi connectivity index (χ1n) is 3.55. The smallest absolute Gasteiger partial charge is 0.352 e. The Kier molecular flexibility index (Phi) is 2.50. The fraction of sp³-hybridized carbons (Fsp3) is 0.375. The highest BCUT2D eigenvalue weighted by Crippen LogP contribution is 2.07. The minimum absolute atomic E-state index is 0.259. The fourth-order valence-electron chi connectivity index (χ4n) is 1.06. The average Bonchev–Trinajstić information content (AvgIpc) is 2.34. The van der Waals surface area contributed by atoms with Crippen LogP contribution in [0.5, 0.6) is 0 Å². The molecule has 1 N–H and O–H groups in total. The van der Waals surface area contributed by atoms with Crippen LogP contribution >= 0.6 is 0 Å². The first kappa shape index (κ1) is 8.80. The Bertz CT molecular complexity index is 290. The molecule has 0 aliphatic rings. The van der Waals surface area contributed by atoms with Crippen molar-refractivity contribution in [2.24, 2.45) is 0 Å². The standard InChI is InChI=1S/C8H11NO3/c1-6-3-4-7(8(10)11)9(6)5-12-2/h3-4H,5H2,1-2H3,(H,10,11). The maximum atomic E-state index is 10.6. The van der Waals surface area contributed by atoms with Crippen molar-refractivity contribution in [1.82, 2.24) is 4.57 Å². The molecule has 0 saturated carbocycles. The van der Waals surface area contributed by atoms with E-state index < -0.39 is 5.97 Å². The van der Waals surface area contributed by atoms with Crippen LogP contribution in [0, 0.1) is 6.92 Å². The number of nitrogens with zero attached hydrogens (tertiary/aromatic N) is 1. The summed E-state index contributed by atoms with van der Waals surface area (Å²) in [5.74, 6) is -0.930. The Hall–Kier alpha value is -1.29. The van der Waals surface area contributed by atoms with Crippen molar-refractivity contribution in [3.63, 3.8) is 0 Å². The summed E-state index contributed by atoms with van der Waals surface area (Å²) >= 11 is 0. The van der Waals surface area contributed by atoms with E-state index in [0.29, 0.717) is 0 Å². The van der Waals surface area contributed by atoms with Gasteiger partial charge < -0.3 is 14.4 Å². The number of rotatable bonds is 3. The SMILES string of the molecule is COCn1c(C)ccc1C(=O)O. The highest BCUT2D eigenvalue weighted by molar-refractivity contribution is 5.86. The van der Waals surface area contributed by atoms with Gasteiger partial charge in [-0.25, -0.2) is 4.79 Å². The van der Waals surface area contributed by atoms with Crippen LogP contribution in [-0.2, 0) is 11.5 Å². The molecule has 1 aromatic rings. The molecular formula is C8H11NO3. The highest BCUT2D eigenvalue weighted by Gasteiger charge is 2.10. The van der Waals surface area contributed by atoms with Gasteiger partial charge in [-0.2, -0.15) is 0 Å². The number of aryl methyl sites for hydroxylation is 1. The quantitative estimate of drug-likeness (QED) is 0.737. The van der Waals surface area contributed by atoms with Crippen LogP contribution in [0.1, 0.15) is 16.2 Å². The molecule has 0 spiro atoms. The second-order valence-electron chi connectivity index (χ2n) is 2.51. The molecule has 0 aliphatic heterocycles. The third-order valence-corrected chi connectivity index (χ3v) is 1.68. The van der Waals surface area contributed by atoms with E-state index in [1.54, 1.807) is 16.7 Å². The van der Waals surface area contributed by atoms with E-state index in [1.165, 1.54) is 7.11 Å². The minimum Gasteiger partial charge on any atom is -0.477 e. The molecule has 0 radical (unpaired) electrons. The molecule has 4 heteroatoms. The monoisotopic (exact) mass is 169 g/mol. The zero-order valence-electron chi connectivity index (χ0n) is 7.07. The summed E-state index contributed by atoms with van der Waals surface area (Å²) in [5, 5.41) is 8.73. The minimum atomic E-state index is -0.930. The first-order chi connectivity index (χ1) is 5.66. The van der Waals surface area contributed by atoms with Crippen LogP contribution in [0.15, 0.2) is 12.1 Å². The molecule has 66 valence electrons. The summed E-state index contributed by atoms with van der Waals surface area (Å²) in [5.41, 5.74) is 1.14. The number of hydrogen-bond donors (Lipinski definition) is 1. The van der Waals surface area contributed by atoms with E-state index in [2.05, 4.69) is 0 Å². The molecule has 0 unspecified atom stereocenters. The molecule has 0 amide bonds. The van der Waals surface area contributed by atoms with Crippen LogP contribution in [0.25, 0.3) is 0 Å². The van der Waals surface area contributed by atoms with Gasteiger partial charge in [0, 0.05) is 12.8 Å². The summed E-state index contributed by atoms with van der Waals surface area (Å²) in [7, 11) is 1.53. The normalized spacial score (nSPS) is 10.2. The number of aromatic nitrogens is 1. The van der Waals surface area contributed by atoms with Gasteiger partial charge in [0.1, 0.15) is 12.4 Å². The van der Waals surface area contributed by atoms with E-state index in [-0.39, 0.29) is 12.4 Å². The molecule has 1 heterocycles. The number of methoxy groups -OCH3 is 1. The van der Waals surface area contributed by atoms with E-state index in [9.17, 15) is 4.79 Å². The summed E-state index contributed by atoms with van der Waals surface area (Å²) in [4.78, 5) is 10.6. The number of carboxylic acid groups (broad SMARTS) is 1. The third kappa shape index (κ3) is 1.48. The summed E-state index contributed by atoms with van der Waals surface area (Å²) in [6, 6.07) is 3.32. The molecule has 0 fully saturated rings. The second kappa shape index (κ2) is 3.40. The molecular weight excluding hydrogens is 158 g/mol. The van der Waals surface area contributed by atoms with E-state index in [0.717, 1.165) is 5.69 Å². The van der Waals surface area contributed by atoms with Crippen molar-refractivity contribution in [1.29, 1.82) is 0 Å². The van der Waals surface area contributed by atoms with Crippen LogP contribution in [-0.4, -0.2) is 22.8 Å². The summed E-state index contributed by atoms with van der Waals surface area (Å²) in [6.07, 6.45) is 0. The topological polar surface area (TPSA) is 51.5 Å². The lowest BCUT2D eigenvalue weighted by Gasteiger charge is -2.06. The van der Waals surface area contributed by atoms with Crippen molar-refractivity contribution in [2.45, 2.75) is 13.7 Å². The number of ether oxygens (including phenoxy) is 1. The lowest BCUT2D eigenvalue weighted by molar-refractivity contribution is 0.0659. The molecule has 0 aromatic carbocycles. The van der Waals surface area contributed by atoms with Gasteiger partial charge in [-0.05, 0) is 19.1 Å². The Labute approximate surface area is 70.4 Å². The first-order valence-corrected chi connectivity index (χ1v) is 3.55. The van der Waals surface area contributed by atoms with Gasteiger partial charge in [0.05, 0.1) is 0 Å². The van der Waals surface area contributed by atoms with Crippen molar-refractivity contribution in [3.05, 3.63) is 23.5 Å². The van der Waals surface area contributed by atoms with Crippen molar-refractivity contribution >= 4 is 5.97 Å². The van der Waals surface area contributed by atoms with Crippen molar-refractivity contribution in [2.75, 3.05) is 7.11 Å². The Morgan fingerprint density at radius 3 is 2.83 bits per heavy atom. The van der Waals surface area contributed by atoms with E-state index in [4.69, 9.17) is 9.84 Å². The molecule has 1 aromatic heterocycles. The lowest BCUT2D eigenvalue weighted by atomic mass is 10.4. The van der Waals surface area contributed by atoms with E-state index in [1.807, 2.05) is 6.92 Å². The molecule has 1 rings (SSSR count). The maximum Gasteiger partial charge on any atom is 0.352 e. The molecule has 0 bridgehead atoms. The van der Waals surface area contributed by atoms with Gasteiger partial charge in [0.25, 0.3) is 0 Å². The number of carbonyl (C=O) groups is 1. The highest BCUT2D eigenvalue weighted by atomic mass is 16.5. The predicted octanol–water partition coefficient (Wildman–Crippen LogP) is 1.10. The van der Waals surface area contributed by atoms with Gasteiger partial charge in [0.15, 0.2) is 0 Å². The zero-order valence-corrected chi connectivity index (χ0v) is 7.07. The van der Waals surface area contributed by atoms with Crippen LogP contribution in [0.4, 0.5) is 0 Å². The van der Waals surface area contributed by atoms with Crippen molar-refractivity contribution in [3.8, 4) is 0 Å². The van der Waals surface area contributed by atoms with Crippen LogP contribution < -0.4 is 0 Å². The summed E-state index contributed by atoms with van der Waals surface area (Å²) < 4.78 is 6.46.